The highest BCUT2D eigenvalue weighted by Gasteiger charge is 2.13. The fourth-order valence-corrected chi connectivity index (χ4v) is 2.03. The van der Waals surface area contributed by atoms with Crippen LogP contribution >= 0.6 is 0 Å². The first-order valence-electron chi connectivity index (χ1n) is 7.28. The van der Waals surface area contributed by atoms with Crippen molar-refractivity contribution in [3.8, 4) is 0 Å². The molecule has 21 heavy (non-hydrogen) atoms. The smallest absolute Gasteiger partial charge is 0.236 e. The van der Waals surface area contributed by atoms with Crippen LogP contribution in [0.25, 0.3) is 0 Å². The minimum atomic E-state index is -0.438. The summed E-state index contributed by atoms with van der Waals surface area (Å²) in [7, 11) is 0. The van der Waals surface area contributed by atoms with Gasteiger partial charge in [-0.3, -0.25) is 9.59 Å². The Kier molecular flexibility index (Phi) is 6.88. The van der Waals surface area contributed by atoms with Gasteiger partial charge in [0.15, 0.2) is 0 Å². The maximum absolute atomic E-state index is 11.8. The van der Waals surface area contributed by atoms with Gasteiger partial charge in [0.05, 0.1) is 6.04 Å². The highest BCUT2D eigenvalue weighted by molar-refractivity contribution is 5.88. The second-order valence-corrected chi connectivity index (χ2v) is 5.66. The van der Waals surface area contributed by atoms with Crippen LogP contribution in [0, 0.1) is 5.92 Å². The standard InChI is InChI=1S/C16H25N3O2/c1-11(2)10-15(17)16(21)18-9-8-13-4-6-14(7-5-13)19-12(3)20/h4-7,11,15H,8-10,17H2,1-3H3,(H,18,21)(H,19,20)/t15-/m0/s1. The lowest BCUT2D eigenvalue weighted by Gasteiger charge is -2.14. The second-order valence-electron chi connectivity index (χ2n) is 5.66. The normalized spacial score (nSPS) is 12.0. The van der Waals surface area contributed by atoms with Crippen LogP contribution in [0.5, 0.6) is 0 Å². The van der Waals surface area contributed by atoms with Gasteiger partial charge in [-0.05, 0) is 36.5 Å². The van der Waals surface area contributed by atoms with Crippen LogP contribution in [-0.4, -0.2) is 24.4 Å². The monoisotopic (exact) mass is 291 g/mol. The number of benzene rings is 1. The number of amides is 2. The van der Waals surface area contributed by atoms with Gasteiger partial charge in [0.1, 0.15) is 0 Å². The Morgan fingerprint density at radius 3 is 2.33 bits per heavy atom. The summed E-state index contributed by atoms with van der Waals surface area (Å²) in [5.41, 5.74) is 7.68. The molecule has 1 aromatic carbocycles. The highest BCUT2D eigenvalue weighted by Crippen LogP contribution is 2.09. The topological polar surface area (TPSA) is 84.2 Å². The van der Waals surface area contributed by atoms with E-state index < -0.39 is 6.04 Å². The molecule has 4 N–H and O–H groups in total. The van der Waals surface area contributed by atoms with Gasteiger partial charge in [-0.2, -0.15) is 0 Å². The summed E-state index contributed by atoms with van der Waals surface area (Å²) in [4.78, 5) is 22.7. The lowest BCUT2D eigenvalue weighted by molar-refractivity contribution is -0.122. The molecule has 0 aliphatic rings. The molecule has 0 aliphatic carbocycles. The first kappa shape index (κ1) is 17.2. The van der Waals surface area contributed by atoms with E-state index in [1.807, 2.05) is 38.1 Å². The lowest BCUT2D eigenvalue weighted by atomic mass is 10.0. The van der Waals surface area contributed by atoms with Gasteiger partial charge < -0.3 is 16.4 Å². The Balaban J connectivity index is 2.35. The van der Waals surface area contributed by atoms with E-state index in [1.165, 1.54) is 6.92 Å². The predicted octanol–water partition coefficient (Wildman–Crippen LogP) is 1.68. The number of hydrogen-bond donors (Lipinski definition) is 3. The molecule has 0 heterocycles. The zero-order valence-corrected chi connectivity index (χ0v) is 13.0. The third-order valence-electron chi connectivity index (χ3n) is 3.05. The summed E-state index contributed by atoms with van der Waals surface area (Å²) in [5.74, 6) is 0.222. The van der Waals surface area contributed by atoms with Crippen molar-refractivity contribution in [1.29, 1.82) is 0 Å². The number of carbonyl (C=O) groups excluding carboxylic acids is 2. The number of carbonyl (C=O) groups is 2. The van der Waals surface area contributed by atoms with Gasteiger partial charge in [0.25, 0.3) is 0 Å². The van der Waals surface area contributed by atoms with E-state index in [-0.39, 0.29) is 11.8 Å². The molecule has 116 valence electrons. The SMILES string of the molecule is CC(=O)Nc1ccc(CCNC(=O)[C@@H](N)CC(C)C)cc1. The molecule has 0 radical (unpaired) electrons. The van der Waals surface area contributed by atoms with Crippen LogP contribution in [0.4, 0.5) is 5.69 Å². The van der Waals surface area contributed by atoms with Crippen molar-refractivity contribution < 1.29 is 9.59 Å². The van der Waals surface area contributed by atoms with Gasteiger partial charge in [0, 0.05) is 19.2 Å². The first-order chi connectivity index (χ1) is 9.88. The van der Waals surface area contributed by atoms with Crippen molar-refractivity contribution in [3.63, 3.8) is 0 Å². The molecule has 0 fully saturated rings. The predicted molar refractivity (Wildman–Crippen MR) is 84.9 cm³/mol. The molecule has 5 heteroatoms. The summed E-state index contributed by atoms with van der Waals surface area (Å²) in [6.07, 6.45) is 1.43. The average Bonchev–Trinajstić information content (AvgIpc) is 2.39. The van der Waals surface area contributed by atoms with Crippen LogP contribution in [0.3, 0.4) is 0 Å². The van der Waals surface area contributed by atoms with Crippen molar-refractivity contribution in [2.24, 2.45) is 11.7 Å². The van der Waals surface area contributed by atoms with Crippen LogP contribution in [0.15, 0.2) is 24.3 Å². The summed E-state index contributed by atoms with van der Waals surface area (Å²) in [5, 5.41) is 5.56. The number of nitrogens with two attached hydrogens (primary N) is 1. The molecule has 1 atom stereocenters. The minimum absolute atomic E-state index is 0.0887. The Bertz CT molecular complexity index is 469. The number of hydrogen-bond acceptors (Lipinski definition) is 3. The van der Waals surface area contributed by atoms with E-state index >= 15 is 0 Å². The van der Waals surface area contributed by atoms with Crippen LogP contribution in [0.2, 0.25) is 0 Å². The molecular weight excluding hydrogens is 266 g/mol. The molecule has 0 saturated carbocycles. The Labute approximate surface area is 126 Å². The number of rotatable bonds is 7. The van der Waals surface area contributed by atoms with Crippen molar-refractivity contribution in [2.75, 3.05) is 11.9 Å². The molecule has 0 spiro atoms. The van der Waals surface area contributed by atoms with E-state index in [9.17, 15) is 9.59 Å². The summed E-state index contributed by atoms with van der Waals surface area (Å²) >= 11 is 0. The first-order valence-corrected chi connectivity index (χ1v) is 7.28. The highest BCUT2D eigenvalue weighted by atomic mass is 16.2. The fraction of sp³-hybridized carbons (Fsp3) is 0.500. The second kappa shape index (κ2) is 8.42. The van der Waals surface area contributed by atoms with Crippen molar-refractivity contribution in [2.45, 2.75) is 39.7 Å². The lowest BCUT2D eigenvalue weighted by Crippen LogP contribution is -2.42. The van der Waals surface area contributed by atoms with Crippen molar-refractivity contribution in [3.05, 3.63) is 29.8 Å². The van der Waals surface area contributed by atoms with Crippen molar-refractivity contribution in [1.82, 2.24) is 5.32 Å². The molecule has 0 aliphatic heterocycles. The quantitative estimate of drug-likeness (QED) is 0.714. The van der Waals surface area contributed by atoms with Crippen LogP contribution in [0.1, 0.15) is 32.8 Å². The summed E-state index contributed by atoms with van der Waals surface area (Å²) in [6, 6.07) is 7.13. The third-order valence-corrected chi connectivity index (χ3v) is 3.05. The van der Waals surface area contributed by atoms with E-state index in [4.69, 9.17) is 5.73 Å². The van der Waals surface area contributed by atoms with E-state index in [0.717, 1.165) is 17.7 Å². The van der Waals surface area contributed by atoms with Gasteiger partial charge in [-0.1, -0.05) is 26.0 Å². The molecule has 2 amide bonds. The van der Waals surface area contributed by atoms with Gasteiger partial charge >= 0.3 is 0 Å². The Morgan fingerprint density at radius 1 is 1.19 bits per heavy atom. The molecule has 1 rings (SSSR count). The largest absolute Gasteiger partial charge is 0.354 e. The molecule has 1 aromatic rings. The molecular formula is C16H25N3O2. The van der Waals surface area contributed by atoms with E-state index in [1.54, 1.807) is 0 Å². The van der Waals surface area contributed by atoms with E-state index in [0.29, 0.717) is 18.9 Å². The fourth-order valence-electron chi connectivity index (χ4n) is 2.03. The Hall–Kier alpha value is -1.88. The average molecular weight is 291 g/mol. The molecule has 5 nitrogen and oxygen atoms in total. The summed E-state index contributed by atoms with van der Waals surface area (Å²) < 4.78 is 0. The molecule has 0 saturated heterocycles. The maximum atomic E-state index is 11.8. The van der Waals surface area contributed by atoms with Crippen LogP contribution < -0.4 is 16.4 Å². The zero-order chi connectivity index (χ0) is 15.8. The molecule has 0 unspecified atom stereocenters. The zero-order valence-electron chi connectivity index (χ0n) is 13.0. The van der Waals surface area contributed by atoms with Gasteiger partial charge in [-0.15, -0.1) is 0 Å². The Morgan fingerprint density at radius 2 is 1.81 bits per heavy atom. The minimum Gasteiger partial charge on any atom is -0.354 e. The van der Waals surface area contributed by atoms with Crippen LogP contribution in [-0.2, 0) is 16.0 Å². The maximum Gasteiger partial charge on any atom is 0.236 e. The van der Waals surface area contributed by atoms with E-state index in [2.05, 4.69) is 10.6 Å². The molecule has 0 bridgehead atoms. The van der Waals surface area contributed by atoms with Gasteiger partial charge in [0.2, 0.25) is 11.8 Å². The van der Waals surface area contributed by atoms with Gasteiger partial charge in [-0.25, -0.2) is 0 Å². The van der Waals surface area contributed by atoms with Crippen molar-refractivity contribution >= 4 is 17.5 Å². The summed E-state index contributed by atoms with van der Waals surface area (Å²) in [6.45, 7) is 6.13. The molecule has 0 aromatic heterocycles. The number of nitrogens with one attached hydrogen (secondary N) is 2. The third kappa shape index (κ3) is 6.90. The number of anilines is 1.